The first-order valence-electron chi connectivity index (χ1n) is 5.22. The fourth-order valence-corrected chi connectivity index (χ4v) is 1.14. The molecule has 3 heteroatoms. The van der Waals surface area contributed by atoms with Gasteiger partial charge in [-0.05, 0) is 12.8 Å². The van der Waals surface area contributed by atoms with Gasteiger partial charge in [-0.2, -0.15) is 0 Å². The van der Waals surface area contributed by atoms with Gasteiger partial charge in [0, 0.05) is 20.0 Å². The summed E-state index contributed by atoms with van der Waals surface area (Å²) >= 11 is 0. The lowest BCUT2D eigenvalue weighted by atomic mass is 10.3. The number of nitrogens with zero attached hydrogens (tertiary/aromatic N) is 1. The van der Waals surface area contributed by atoms with Gasteiger partial charge in [0.05, 0.1) is 0 Å². The van der Waals surface area contributed by atoms with Gasteiger partial charge in [-0.3, -0.25) is 10.2 Å². The molecule has 0 aliphatic carbocycles. The van der Waals surface area contributed by atoms with Crippen LogP contribution >= 0.6 is 0 Å². The van der Waals surface area contributed by atoms with Crippen molar-refractivity contribution in [2.45, 2.75) is 46.5 Å². The summed E-state index contributed by atoms with van der Waals surface area (Å²) in [5.41, 5.74) is 2.84. The Labute approximate surface area is 81.5 Å². The molecule has 0 bridgehead atoms. The number of amides is 1. The summed E-state index contributed by atoms with van der Waals surface area (Å²) in [5.74, 6) is 0.0345. The maximum Gasteiger partial charge on any atom is 0.231 e. The molecule has 0 aliphatic heterocycles. The minimum atomic E-state index is 0.0345. The third kappa shape index (κ3) is 7.78. The van der Waals surface area contributed by atoms with Crippen molar-refractivity contribution in [2.24, 2.45) is 0 Å². The van der Waals surface area contributed by atoms with Gasteiger partial charge in [0.2, 0.25) is 5.91 Å². The summed E-state index contributed by atoms with van der Waals surface area (Å²) in [4.78, 5) is 10.8. The van der Waals surface area contributed by atoms with Gasteiger partial charge in [-0.25, -0.2) is 5.01 Å². The van der Waals surface area contributed by atoms with E-state index in [9.17, 15) is 4.79 Å². The molecule has 0 unspecified atom stereocenters. The van der Waals surface area contributed by atoms with Crippen molar-refractivity contribution in [1.29, 1.82) is 0 Å². The Bertz CT molecular complexity index is 129. The van der Waals surface area contributed by atoms with Crippen LogP contribution in [0.1, 0.15) is 46.5 Å². The van der Waals surface area contributed by atoms with Crippen LogP contribution in [0.2, 0.25) is 0 Å². The maximum absolute atomic E-state index is 10.8. The van der Waals surface area contributed by atoms with E-state index in [-0.39, 0.29) is 5.91 Å². The number of hydrazine groups is 1. The fraction of sp³-hybridized carbons (Fsp3) is 0.900. The topological polar surface area (TPSA) is 32.3 Å². The number of carbonyl (C=O) groups is 1. The van der Waals surface area contributed by atoms with Gasteiger partial charge < -0.3 is 0 Å². The molecule has 0 aromatic carbocycles. The smallest absolute Gasteiger partial charge is 0.231 e. The van der Waals surface area contributed by atoms with Crippen LogP contribution in [0, 0.1) is 0 Å². The standard InChI is InChI=1S/C10H22N2O/c1-4-6-8-12(9-7-5-2)11-10(3)13/h4-9H2,1-3H3,(H,11,13). The molecule has 0 aromatic rings. The van der Waals surface area contributed by atoms with E-state index in [1.165, 1.54) is 12.8 Å². The summed E-state index contributed by atoms with van der Waals surface area (Å²) in [6, 6.07) is 0. The molecule has 0 fully saturated rings. The molecule has 1 N–H and O–H groups in total. The number of hydrogen-bond acceptors (Lipinski definition) is 2. The quantitative estimate of drug-likeness (QED) is 0.616. The lowest BCUT2D eigenvalue weighted by Crippen LogP contribution is -2.42. The Balaban J connectivity index is 3.66. The van der Waals surface area contributed by atoms with Crippen LogP contribution in [-0.2, 0) is 4.79 Å². The predicted octanol–water partition coefficient (Wildman–Crippen LogP) is 1.94. The first-order chi connectivity index (χ1) is 6.20. The zero-order chi connectivity index (χ0) is 10.1. The molecule has 0 heterocycles. The van der Waals surface area contributed by atoms with Gasteiger partial charge in [0.25, 0.3) is 0 Å². The highest BCUT2D eigenvalue weighted by Crippen LogP contribution is 1.95. The summed E-state index contributed by atoms with van der Waals surface area (Å²) < 4.78 is 0. The molecule has 0 atom stereocenters. The third-order valence-electron chi connectivity index (χ3n) is 1.88. The molecule has 0 rings (SSSR count). The highest BCUT2D eigenvalue weighted by atomic mass is 16.2. The average Bonchev–Trinajstić information content (AvgIpc) is 2.09. The van der Waals surface area contributed by atoms with Crippen molar-refractivity contribution in [1.82, 2.24) is 10.4 Å². The summed E-state index contributed by atoms with van der Waals surface area (Å²) in [6.45, 7) is 7.81. The van der Waals surface area contributed by atoms with Crippen molar-refractivity contribution in [3.05, 3.63) is 0 Å². The molecule has 0 aliphatic rings. The van der Waals surface area contributed by atoms with Crippen molar-refractivity contribution in [3.63, 3.8) is 0 Å². The van der Waals surface area contributed by atoms with E-state index in [2.05, 4.69) is 19.3 Å². The summed E-state index contributed by atoms with van der Waals surface area (Å²) in [6.07, 6.45) is 4.62. The SMILES string of the molecule is CCCCN(CCCC)NC(C)=O. The van der Waals surface area contributed by atoms with Crippen LogP contribution in [0.15, 0.2) is 0 Å². The van der Waals surface area contributed by atoms with Gasteiger partial charge >= 0.3 is 0 Å². The Morgan fingerprint density at radius 3 is 1.92 bits per heavy atom. The molecule has 0 radical (unpaired) electrons. The van der Waals surface area contributed by atoms with E-state index in [4.69, 9.17) is 0 Å². The number of hydrogen-bond donors (Lipinski definition) is 1. The van der Waals surface area contributed by atoms with Crippen LogP contribution in [0.25, 0.3) is 0 Å². The van der Waals surface area contributed by atoms with Crippen molar-refractivity contribution >= 4 is 5.91 Å². The predicted molar refractivity (Wildman–Crippen MR) is 55.2 cm³/mol. The lowest BCUT2D eigenvalue weighted by molar-refractivity contribution is -0.123. The number of unbranched alkanes of at least 4 members (excludes halogenated alkanes) is 2. The van der Waals surface area contributed by atoms with Crippen molar-refractivity contribution < 1.29 is 4.79 Å². The normalized spacial score (nSPS) is 10.5. The Kier molecular flexibility index (Phi) is 7.69. The first-order valence-corrected chi connectivity index (χ1v) is 5.22. The van der Waals surface area contributed by atoms with Gasteiger partial charge in [-0.1, -0.05) is 26.7 Å². The second-order valence-electron chi connectivity index (χ2n) is 3.36. The molecular weight excluding hydrogens is 164 g/mol. The van der Waals surface area contributed by atoms with Gasteiger partial charge in [0.1, 0.15) is 0 Å². The second kappa shape index (κ2) is 8.05. The molecule has 0 saturated heterocycles. The van der Waals surface area contributed by atoms with E-state index in [0.717, 1.165) is 25.9 Å². The molecule has 3 nitrogen and oxygen atoms in total. The van der Waals surface area contributed by atoms with Gasteiger partial charge in [-0.15, -0.1) is 0 Å². The third-order valence-corrected chi connectivity index (χ3v) is 1.88. The molecule has 0 saturated carbocycles. The van der Waals surface area contributed by atoms with E-state index in [0.29, 0.717) is 0 Å². The Morgan fingerprint density at radius 2 is 1.62 bits per heavy atom. The molecule has 13 heavy (non-hydrogen) atoms. The highest BCUT2D eigenvalue weighted by molar-refractivity contribution is 5.72. The molecule has 1 amide bonds. The van der Waals surface area contributed by atoms with Gasteiger partial charge in [0.15, 0.2) is 0 Å². The molecule has 0 spiro atoms. The van der Waals surface area contributed by atoms with Crippen LogP contribution in [0.3, 0.4) is 0 Å². The average molecular weight is 186 g/mol. The lowest BCUT2D eigenvalue weighted by Gasteiger charge is -2.21. The Hall–Kier alpha value is -0.570. The van der Waals surface area contributed by atoms with Crippen LogP contribution < -0.4 is 5.43 Å². The van der Waals surface area contributed by atoms with E-state index in [1.54, 1.807) is 6.92 Å². The van der Waals surface area contributed by atoms with E-state index in [1.807, 2.05) is 5.01 Å². The fourth-order valence-electron chi connectivity index (χ4n) is 1.14. The van der Waals surface area contributed by atoms with Crippen molar-refractivity contribution in [3.8, 4) is 0 Å². The largest absolute Gasteiger partial charge is 0.289 e. The minimum absolute atomic E-state index is 0.0345. The second-order valence-corrected chi connectivity index (χ2v) is 3.36. The summed E-state index contributed by atoms with van der Waals surface area (Å²) in [5, 5.41) is 2.02. The van der Waals surface area contributed by atoms with E-state index < -0.39 is 0 Å². The van der Waals surface area contributed by atoms with E-state index >= 15 is 0 Å². The Morgan fingerprint density at radius 1 is 1.15 bits per heavy atom. The number of rotatable bonds is 7. The number of nitrogens with one attached hydrogen (secondary N) is 1. The van der Waals surface area contributed by atoms with Crippen molar-refractivity contribution in [2.75, 3.05) is 13.1 Å². The van der Waals surface area contributed by atoms with Crippen LogP contribution in [-0.4, -0.2) is 24.0 Å². The van der Waals surface area contributed by atoms with Crippen LogP contribution in [0.5, 0.6) is 0 Å². The molecule has 78 valence electrons. The highest BCUT2D eigenvalue weighted by Gasteiger charge is 2.03. The molecule has 0 aromatic heterocycles. The monoisotopic (exact) mass is 186 g/mol. The summed E-state index contributed by atoms with van der Waals surface area (Å²) in [7, 11) is 0. The minimum Gasteiger partial charge on any atom is -0.289 e. The number of carbonyl (C=O) groups excluding carboxylic acids is 1. The maximum atomic E-state index is 10.8. The molecular formula is C10H22N2O. The first kappa shape index (κ1) is 12.4. The zero-order valence-corrected chi connectivity index (χ0v) is 9.10. The van der Waals surface area contributed by atoms with Crippen LogP contribution in [0.4, 0.5) is 0 Å². The zero-order valence-electron chi connectivity index (χ0n) is 9.10.